The van der Waals surface area contributed by atoms with Crippen molar-refractivity contribution >= 4 is 0 Å². The number of benzene rings is 1. The van der Waals surface area contributed by atoms with Crippen molar-refractivity contribution in [1.82, 2.24) is 0 Å². The largest absolute Gasteiger partial charge is 0.101 e. The summed E-state index contributed by atoms with van der Waals surface area (Å²) in [5.41, 5.74) is 2.58. The molecule has 0 aromatic heterocycles. The smallest absolute Gasteiger partial charge is 0.0277 e. The molecule has 0 saturated carbocycles. The van der Waals surface area contributed by atoms with Gasteiger partial charge in [-0.05, 0) is 31.4 Å². The number of hydrogen-bond donors (Lipinski definition) is 0. The molecule has 0 fully saturated rings. The quantitative estimate of drug-likeness (QED) is 0.613. The Labute approximate surface area is 81.0 Å². The van der Waals surface area contributed by atoms with Gasteiger partial charge >= 0.3 is 0 Å². The first-order valence-electron chi connectivity index (χ1n) is 4.89. The highest BCUT2D eigenvalue weighted by atomic mass is 14.0. The Morgan fingerprint density at radius 3 is 2.69 bits per heavy atom. The van der Waals surface area contributed by atoms with Gasteiger partial charge in [0.2, 0.25) is 0 Å². The molecule has 0 spiro atoms. The van der Waals surface area contributed by atoms with Crippen molar-refractivity contribution in [3.63, 3.8) is 0 Å². The van der Waals surface area contributed by atoms with Crippen molar-refractivity contribution in [3.8, 4) is 11.8 Å². The number of rotatable bonds is 3. The van der Waals surface area contributed by atoms with Gasteiger partial charge in [0, 0.05) is 5.56 Å². The molecule has 0 radical (unpaired) electrons. The predicted molar refractivity (Wildman–Crippen MR) is 57.6 cm³/mol. The highest BCUT2D eigenvalue weighted by molar-refractivity contribution is 5.40. The minimum absolute atomic E-state index is 1.15. The monoisotopic (exact) mass is 172 g/mol. The molecule has 0 bridgehead atoms. The molecular weight excluding hydrogens is 156 g/mol. The second-order valence-corrected chi connectivity index (χ2v) is 3.14. The van der Waals surface area contributed by atoms with Gasteiger partial charge in [-0.1, -0.05) is 37.5 Å². The average Bonchev–Trinajstić information content (AvgIpc) is 2.17. The van der Waals surface area contributed by atoms with Crippen molar-refractivity contribution in [3.05, 3.63) is 35.4 Å². The molecule has 0 unspecified atom stereocenters. The van der Waals surface area contributed by atoms with E-state index in [-0.39, 0.29) is 0 Å². The predicted octanol–water partition coefficient (Wildman–Crippen LogP) is 3.40. The van der Waals surface area contributed by atoms with E-state index in [2.05, 4.69) is 43.0 Å². The van der Waals surface area contributed by atoms with Gasteiger partial charge in [0.1, 0.15) is 0 Å². The van der Waals surface area contributed by atoms with Crippen LogP contribution in [-0.2, 0) is 6.42 Å². The van der Waals surface area contributed by atoms with Crippen LogP contribution in [0.3, 0.4) is 0 Å². The Bertz CT molecular complexity index is 312. The zero-order valence-corrected chi connectivity index (χ0v) is 8.43. The van der Waals surface area contributed by atoms with Crippen molar-refractivity contribution in [1.29, 1.82) is 0 Å². The first kappa shape index (κ1) is 9.86. The summed E-state index contributed by atoms with van der Waals surface area (Å²) in [5.74, 6) is 6.09. The third kappa shape index (κ3) is 2.95. The second-order valence-electron chi connectivity index (χ2n) is 3.14. The third-order valence-corrected chi connectivity index (χ3v) is 2.08. The van der Waals surface area contributed by atoms with Crippen LogP contribution in [-0.4, -0.2) is 0 Å². The zero-order valence-electron chi connectivity index (χ0n) is 8.43. The lowest BCUT2D eigenvalue weighted by atomic mass is 10.0. The molecule has 0 heteroatoms. The summed E-state index contributed by atoms with van der Waals surface area (Å²) in [6.07, 6.45) is 3.65. The van der Waals surface area contributed by atoms with E-state index in [1.165, 1.54) is 24.0 Å². The second kappa shape index (κ2) is 5.43. The average molecular weight is 172 g/mol. The van der Waals surface area contributed by atoms with Gasteiger partial charge in [0.25, 0.3) is 0 Å². The molecule has 0 aliphatic carbocycles. The van der Waals surface area contributed by atoms with Crippen LogP contribution in [0, 0.1) is 11.8 Å². The van der Waals surface area contributed by atoms with E-state index in [0.29, 0.717) is 0 Å². The summed E-state index contributed by atoms with van der Waals surface area (Å²) < 4.78 is 0. The SMILES string of the molecule is CC#Cc1ccccc1CCCC. The van der Waals surface area contributed by atoms with Gasteiger partial charge in [-0.2, -0.15) is 0 Å². The highest BCUT2D eigenvalue weighted by Crippen LogP contribution is 2.10. The topological polar surface area (TPSA) is 0 Å². The standard InChI is InChI=1S/C13H16/c1-3-5-9-13-11-7-6-10-12(13)8-4-2/h6-7,10-11H,3,5,9H2,1-2H3. The lowest BCUT2D eigenvalue weighted by Gasteiger charge is -2.02. The molecule has 0 atom stereocenters. The van der Waals surface area contributed by atoms with Crippen LogP contribution in [0.5, 0.6) is 0 Å². The van der Waals surface area contributed by atoms with Gasteiger partial charge in [-0.3, -0.25) is 0 Å². The van der Waals surface area contributed by atoms with Gasteiger partial charge in [-0.15, -0.1) is 5.92 Å². The van der Waals surface area contributed by atoms with Gasteiger partial charge in [0.15, 0.2) is 0 Å². The fourth-order valence-electron chi connectivity index (χ4n) is 1.36. The van der Waals surface area contributed by atoms with Crippen molar-refractivity contribution in [2.75, 3.05) is 0 Å². The Hall–Kier alpha value is -1.22. The van der Waals surface area contributed by atoms with E-state index in [0.717, 1.165) is 6.42 Å². The van der Waals surface area contributed by atoms with Crippen LogP contribution in [0.1, 0.15) is 37.8 Å². The lowest BCUT2D eigenvalue weighted by molar-refractivity contribution is 0.794. The van der Waals surface area contributed by atoms with E-state index in [1.807, 2.05) is 6.92 Å². The van der Waals surface area contributed by atoms with Crippen molar-refractivity contribution < 1.29 is 0 Å². The van der Waals surface area contributed by atoms with E-state index in [4.69, 9.17) is 0 Å². The fourth-order valence-corrected chi connectivity index (χ4v) is 1.36. The molecule has 0 nitrogen and oxygen atoms in total. The highest BCUT2D eigenvalue weighted by Gasteiger charge is 1.96. The minimum atomic E-state index is 1.15. The maximum atomic E-state index is 3.14. The maximum absolute atomic E-state index is 3.14. The van der Waals surface area contributed by atoms with Gasteiger partial charge < -0.3 is 0 Å². The summed E-state index contributed by atoms with van der Waals surface area (Å²) in [5, 5.41) is 0. The molecule has 0 amide bonds. The first-order valence-corrected chi connectivity index (χ1v) is 4.89. The van der Waals surface area contributed by atoms with Crippen LogP contribution in [0.25, 0.3) is 0 Å². The van der Waals surface area contributed by atoms with E-state index in [9.17, 15) is 0 Å². The summed E-state index contributed by atoms with van der Waals surface area (Å²) in [7, 11) is 0. The molecule has 68 valence electrons. The molecule has 0 heterocycles. The van der Waals surface area contributed by atoms with Crippen molar-refractivity contribution in [2.45, 2.75) is 33.1 Å². The Morgan fingerprint density at radius 1 is 1.23 bits per heavy atom. The fraction of sp³-hybridized carbons (Fsp3) is 0.385. The molecule has 1 rings (SSSR count). The summed E-state index contributed by atoms with van der Waals surface area (Å²) >= 11 is 0. The van der Waals surface area contributed by atoms with Crippen molar-refractivity contribution in [2.24, 2.45) is 0 Å². The van der Waals surface area contributed by atoms with E-state index in [1.54, 1.807) is 0 Å². The maximum Gasteiger partial charge on any atom is 0.0277 e. The van der Waals surface area contributed by atoms with Gasteiger partial charge in [-0.25, -0.2) is 0 Å². The number of unbranched alkanes of at least 4 members (excludes halogenated alkanes) is 1. The van der Waals surface area contributed by atoms with E-state index < -0.39 is 0 Å². The number of hydrogen-bond acceptors (Lipinski definition) is 0. The molecule has 1 aromatic rings. The molecule has 13 heavy (non-hydrogen) atoms. The van der Waals surface area contributed by atoms with Crippen LogP contribution >= 0.6 is 0 Å². The molecule has 1 aromatic carbocycles. The molecule has 0 aliphatic rings. The molecule has 0 aliphatic heterocycles. The summed E-state index contributed by atoms with van der Waals surface area (Å²) in [6, 6.07) is 8.41. The Balaban J connectivity index is 2.82. The Morgan fingerprint density at radius 2 is 2.00 bits per heavy atom. The lowest BCUT2D eigenvalue weighted by Crippen LogP contribution is -1.89. The third-order valence-electron chi connectivity index (χ3n) is 2.08. The summed E-state index contributed by atoms with van der Waals surface area (Å²) in [6.45, 7) is 4.10. The minimum Gasteiger partial charge on any atom is -0.101 e. The summed E-state index contributed by atoms with van der Waals surface area (Å²) in [4.78, 5) is 0. The molecule has 0 saturated heterocycles. The zero-order chi connectivity index (χ0) is 9.52. The van der Waals surface area contributed by atoms with Crippen LogP contribution in [0.15, 0.2) is 24.3 Å². The van der Waals surface area contributed by atoms with Crippen LogP contribution < -0.4 is 0 Å². The molecule has 0 N–H and O–H groups in total. The van der Waals surface area contributed by atoms with E-state index >= 15 is 0 Å². The van der Waals surface area contributed by atoms with Crippen LogP contribution in [0.2, 0.25) is 0 Å². The number of aryl methyl sites for hydroxylation is 1. The van der Waals surface area contributed by atoms with Crippen LogP contribution in [0.4, 0.5) is 0 Å². The first-order chi connectivity index (χ1) is 6.38. The normalized spacial score (nSPS) is 9.08. The van der Waals surface area contributed by atoms with Gasteiger partial charge in [0.05, 0.1) is 0 Å². The molecular formula is C13H16. The Kier molecular flexibility index (Phi) is 4.12.